The molecule has 0 bridgehead atoms. The van der Waals surface area contributed by atoms with E-state index >= 15 is 0 Å². The van der Waals surface area contributed by atoms with Crippen LogP contribution in [0.5, 0.6) is 0 Å². The van der Waals surface area contributed by atoms with Crippen molar-refractivity contribution < 1.29 is 9.59 Å². The van der Waals surface area contributed by atoms with Crippen LogP contribution < -0.4 is 5.32 Å². The number of thioether (sulfide) groups is 1. The number of nitrogens with zero attached hydrogens (tertiary/aromatic N) is 1. The molecule has 2 unspecified atom stereocenters. The summed E-state index contributed by atoms with van der Waals surface area (Å²) in [5.41, 5.74) is 0.536. The van der Waals surface area contributed by atoms with Crippen LogP contribution >= 0.6 is 11.8 Å². The maximum absolute atomic E-state index is 13.0. The summed E-state index contributed by atoms with van der Waals surface area (Å²) in [5.74, 6) is 0.502. The van der Waals surface area contributed by atoms with Gasteiger partial charge in [-0.3, -0.25) is 9.59 Å². The summed E-state index contributed by atoms with van der Waals surface area (Å²) in [6.07, 6.45) is 0. The summed E-state index contributed by atoms with van der Waals surface area (Å²) in [6, 6.07) is 8.86. The smallest absolute Gasteiger partial charge is 0.255 e. The summed E-state index contributed by atoms with van der Waals surface area (Å²) >= 11 is 1.69. The van der Waals surface area contributed by atoms with Crippen LogP contribution in [0.2, 0.25) is 0 Å². The summed E-state index contributed by atoms with van der Waals surface area (Å²) in [7, 11) is 0. The van der Waals surface area contributed by atoms with Gasteiger partial charge in [-0.1, -0.05) is 39.0 Å². The lowest BCUT2D eigenvalue weighted by Gasteiger charge is -2.36. The lowest BCUT2D eigenvalue weighted by molar-refractivity contribution is -0.125. The molecule has 0 aliphatic carbocycles. The molecule has 126 valence electrons. The fourth-order valence-corrected chi connectivity index (χ4v) is 4.31. The molecule has 1 saturated heterocycles. The Labute approximate surface area is 143 Å². The molecule has 2 atom stereocenters. The first-order valence-corrected chi connectivity index (χ1v) is 9.06. The Kier molecular flexibility index (Phi) is 5.40. The highest BCUT2D eigenvalue weighted by atomic mass is 32.2. The van der Waals surface area contributed by atoms with Crippen LogP contribution in [0.1, 0.15) is 45.0 Å². The third-order valence-electron chi connectivity index (χ3n) is 3.73. The zero-order chi connectivity index (χ0) is 17.2. The van der Waals surface area contributed by atoms with Crippen molar-refractivity contribution in [1.82, 2.24) is 10.2 Å². The third kappa shape index (κ3) is 4.08. The SMILES string of the molecule is CC(C)NC(=O)C1CSC(C(C)(C)C)N1C(=O)c1ccccc1. The van der Waals surface area contributed by atoms with Gasteiger partial charge in [0.05, 0.1) is 5.37 Å². The van der Waals surface area contributed by atoms with E-state index in [1.165, 1.54) is 0 Å². The highest BCUT2D eigenvalue weighted by Crippen LogP contribution is 2.41. The molecule has 1 aromatic rings. The number of nitrogens with one attached hydrogen (secondary N) is 1. The number of hydrogen-bond donors (Lipinski definition) is 1. The number of carbonyl (C=O) groups excluding carboxylic acids is 2. The van der Waals surface area contributed by atoms with Gasteiger partial charge in [-0.05, 0) is 31.4 Å². The largest absolute Gasteiger partial charge is 0.352 e. The standard InChI is InChI=1S/C18H26N2O2S/c1-12(2)19-15(21)14-11-23-17(18(3,4)5)20(14)16(22)13-9-7-6-8-10-13/h6-10,12,14,17H,11H2,1-5H3,(H,19,21). The molecule has 1 aliphatic rings. The van der Waals surface area contributed by atoms with Gasteiger partial charge in [0.25, 0.3) is 5.91 Å². The fourth-order valence-electron chi connectivity index (χ4n) is 2.73. The zero-order valence-corrected chi connectivity index (χ0v) is 15.3. The summed E-state index contributed by atoms with van der Waals surface area (Å²) in [4.78, 5) is 27.4. The van der Waals surface area contributed by atoms with Crippen LogP contribution in [-0.2, 0) is 4.79 Å². The quantitative estimate of drug-likeness (QED) is 0.924. The Morgan fingerprint density at radius 2 is 1.83 bits per heavy atom. The van der Waals surface area contributed by atoms with Crippen LogP contribution in [0.4, 0.5) is 0 Å². The van der Waals surface area contributed by atoms with E-state index in [9.17, 15) is 9.59 Å². The molecular weight excluding hydrogens is 308 g/mol. The van der Waals surface area contributed by atoms with Crippen molar-refractivity contribution in [1.29, 1.82) is 0 Å². The van der Waals surface area contributed by atoms with Crippen molar-refractivity contribution in [2.45, 2.75) is 52.1 Å². The minimum Gasteiger partial charge on any atom is -0.352 e. The Morgan fingerprint density at radius 3 is 2.35 bits per heavy atom. The Balaban J connectivity index is 2.33. The van der Waals surface area contributed by atoms with E-state index in [-0.39, 0.29) is 28.6 Å². The highest BCUT2D eigenvalue weighted by molar-refractivity contribution is 8.00. The van der Waals surface area contributed by atoms with Gasteiger partial charge >= 0.3 is 0 Å². The predicted octanol–water partition coefficient (Wildman–Crippen LogP) is 3.14. The van der Waals surface area contributed by atoms with E-state index < -0.39 is 6.04 Å². The van der Waals surface area contributed by atoms with E-state index in [0.717, 1.165) is 0 Å². The van der Waals surface area contributed by atoms with Crippen molar-refractivity contribution in [3.63, 3.8) is 0 Å². The van der Waals surface area contributed by atoms with Gasteiger partial charge in [0.1, 0.15) is 6.04 Å². The van der Waals surface area contributed by atoms with Gasteiger partial charge < -0.3 is 10.2 Å². The number of rotatable bonds is 3. The molecule has 0 aromatic heterocycles. The molecule has 5 heteroatoms. The number of hydrogen-bond acceptors (Lipinski definition) is 3. The van der Waals surface area contributed by atoms with Crippen molar-refractivity contribution >= 4 is 23.6 Å². The highest BCUT2D eigenvalue weighted by Gasteiger charge is 2.46. The molecule has 1 N–H and O–H groups in total. The minimum absolute atomic E-state index is 0.0156. The summed E-state index contributed by atoms with van der Waals surface area (Å²) in [6.45, 7) is 10.2. The normalized spacial score (nSPS) is 21.6. The topological polar surface area (TPSA) is 49.4 Å². The van der Waals surface area contributed by atoms with Crippen LogP contribution in [-0.4, -0.2) is 39.9 Å². The monoisotopic (exact) mass is 334 g/mol. The molecule has 1 aliphatic heterocycles. The zero-order valence-electron chi connectivity index (χ0n) is 14.5. The molecule has 0 saturated carbocycles. The molecule has 0 spiro atoms. The molecule has 1 heterocycles. The van der Waals surface area contributed by atoms with Crippen LogP contribution in [0.3, 0.4) is 0 Å². The second kappa shape index (κ2) is 6.95. The van der Waals surface area contributed by atoms with Crippen LogP contribution in [0.25, 0.3) is 0 Å². The first-order valence-electron chi connectivity index (χ1n) is 8.01. The summed E-state index contributed by atoms with van der Waals surface area (Å²) < 4.78 is 0. The molecule has 2 amide bonds. The van der Waals surface area contributed by atoms with E-state index in [4.69, 9.17) is 0 Å². The maximum Gasteiger partial charge on any atom is 0.255 e. The van der Waals surface area contributed by atoms with Gasteiger partial charge in [-0.15, -0.1) is 11.8 Å². The molecule has 2 rings (SSSR count). The van der Waals surface area contributed by atoms with Gasteiger partial charge in [-0.2, -0.15) is 0 Å². The first kappa shape index (κ1) is 17.9. The Hall–Kier alpha value is -1.49. The van der Waals surface area contributed by atoms with Crippen LogP contribution in [0.15, 0.2) is 30.3 Å². The Morgan fingerprint density at radius 1 is 1.22 bits per heavy atom. The van der Waals surface area contributed by atoms with E-state index in [0.29, 0.717) is 11.3 Å². The lowest BCUT2D eigenvalue weighted by atomic mass is 9.94. The van der Waals surface area contributed by atoms with E-state index in [1.807, 2.05) is 44.2 Å². The second-order valence-corrected chi connectivity index (χ2v) is 8.42. The van der Waals surface area contributed by atoms with Crippen molar-refractivity contribution in [2.24, 2.45) is 5.41 Å². The number of amides is 2. The Bertz CT molecular complexity index is 566. The van der Waals surface area contributed by atoms with Gasteiger partial charge in [0, 0.05) is 17.4 Å². The molecule has 1 aromatic carbocycles. The molecule has 1 fully saturated rings. The third-order valence-corrected chi connectivity index (χ3v) is 5.49. The van der Waals surface area contributed by atoms with Gasteiger partial charge in [0.15, 0.2) is 0 Å². The molecular formula is C18H26N2O2S. The predicted molar refractivity (Wildman–Crippen MR) is 95.4 cm³/mol. The van der Waals surface area contributed by atoms with Crippen molar-refractivity contribution in [3.05, 3.63) is 35.9 Å². The van der Waals surface area contributed by atoms with E-state index in [2.05, 4.69) is 26.1 Å². The van der Waals surface area contributed by atoms with Gasteiger partial charge in [-0.25, -0.2) is 0 Å². The number of benzene rings is 1. The summed E-state index contributed by atoms with van der Waals surface area (Å²) in [5, 5.41) is 2.93. The van der Waals surface area contributed by atoms with Crippen LogP contribution in [0, 0.1) is 5.41 Å². The molecule has 23 heavy (non-hydrogen) atoms. The van der Waals surface area contributed by atoms with Crippen molar-refractivity contribution in [2.75, 3.05) is 5.75 Å². The maximum atomic E-state index is 13.0. The lowest BCUT2D eigenvalue weighted by Crippen LogP contribution is -2.53. The van der Waals surface area contributed by atoms with Crippen molar-refractivity contribution in [3.8, 4) is 0 Å². The average molecular weight is 334 g/mol. The number of carbonyl (C=O) groups is 2. The first-order chi connectivity index (χ1) is 10.7. The second-order valence-electron chi connectivity index (χ2n) is 7.31. The van der Waals surface area contributed by atoms with E-state index in [1.54, 1.807) is 16.7 Å². The average Bonchev–Trinajstić information content (AvgIpc) is 2.91. The fraction of sp³-hybridized carbons (Fsp3) is 0.556. The molecule has 4 nitrogen and oxygen atoms in total. The minimum atomic E-state index is -0.417. The molecule has 0 radical (unpaired) electrons. The van der Waals surface area contributed by atoms with Gasteiger partial charge in [0.2, 0.25) is 5.91 Å².